The van der Waals surface area contributed by atoms with Crippen molar-refractivity contribution < 1.29 is 19.0 Å². The van der Waals surface area contributed by atoms with Crippen LogP contribution in [0.25, 0.3) is 0 Å². The number of aliphatic hydroxyl groups is 1. The second-order valence-electron chi connectivity index (χ2n) is 6.87. The molecule has 1 unspecified atom stereocenters. The summed E-state index contributed by atoms with van der Waals surface area (Å²) in [5.41, 5.74) is 0.766. The summed E-state index contributed by atoms with van der Waals surface area (Å²) < 4.78 is 19.5. The molecule has 0 radical (unpaired) electrons. The number of anilines is 1. The van der Waals surface area contributed by atoms with Gasteiger partial charge in [-0.2, -0.15) is 0 Å². The number of ether oxygens (including phenoxy) is 1. The molecule has 1 aromatic carbocycles. The number of aliphatic hydroxyl groups excluding tert-OH is 1. The predicted molar refractivity (Wildman–Crippen MR) is 89.6 cm³/mol. The lowest BCUT2D eigenvalue weighted by Crippen LogP contribution is -2.54. The van der Waals surface area contributed by atoms with Crippen LogP contribution in [0.5, 0.6) is 0 Å². The highest BCUT2D eigenvalue weighted by Gasteiger charge is 2.42. The molecule has 2 N–H and O–H groups in total. The van der Waals surface area contributed by atoms with Crippen LogP contribution in [-0.4, -0.2) is 55.4 Å². The summed E-state index contributed by atoms with van der Waals surface area (Å²) in [5, 5.41) is 12.4. The van der Waals surface area contributed by atoms with E-state index in [0.717, 1.165) is 38.9 Å². The highest BCUT2D eigenvalue weighted by atomic mass is 19.1. The number of nitrogens with zero attached hydrogens (tertiary/aromatic N) is 1. The van der Waals surface area contributed by atoms with E-state index in [9.17, 15) is 14.3 Å². The normalized spacial score (nSPS) is 23.3. The predicted octanol–water partition coefficient (Wildman–Crippen LogP) is 2.26. The van der Waals surface area contributed by atoms with Crippen LogP contribution in [0.15, 0.2) is 18.2 Å². The number of carbonyl (C=O) groups is 1. The minimum atomic E-state index is -0.443. The Morgan fingerprint density at radius 3 is 2.79 bits per heavy atom. The van der Waals surface area contributed by atoms with Crippen LogP contribution >= 0.6 is 0 Å². The van der Waals surface area contributed by atoms with E-state index in [2.05, 4.69) is 5.32 Å². The van der Waals surface area contributed by atoms with Gasteiger partial charge in [0, 0.05) is 32.4 Å². The topological polar surface area (TPSA) is 61.8 Å². The fourth-order valence-corrected chi connectivity index (χ4v) is 3.85. The Bertz CT molecular complexity index is 602. The number of rotatable bonds is 3. The van der Waals surface area contributed by atoms with Gasteiger partial charge < -0.3 is 20.1 Å². The van der Waals surface area contributed by atoms with Gasteiger partial charge in [-0.25, -0.2) is 4.39 Å². The van der Waals surface area contributed by atoms with Crippen LogP contribution in [0, 0.1) is 11.2 Å². The molecule has 0 aliphatic carbocycles. The van der Waals surface area contributed by atoms with Crippen LogP contribution < -0.4 is 5.32 Å². The van der Waals surface area contributed by atoms with Gasteiger partial charge in [0.2, 0.25) is 0 Å². The summed E-state index contributed by atoms with van der Waals surface area (Å²) in [7, 11) is 1.64. The highest BCUT2D eigenvalue weighted by molar-refractivity contribution is 5.95. The molecule has 1 atom stereocenters. The zero-order chi connectivity index (χ0) is 17.2. The lowest BCUT2D eigenvalue weighted by Gasteiger charge is -2.48. The van der Waals surface area contributed by atoms with Gasteiger partial charge in [0.25, 0.3) is 5.91 Å². The first-order valence-electron chi connectivity index (χ1n) is 8.55. The Morgan fingerprint density at radius 1 is 1.42 bits per heavy atom. The van der Waals surface area contributed by atoms with Gasteiger partial charge in [-0.1, -0.05) is 0 Å². The Kier molecular flexibility index (Phi) is 5.06. The molecule has 1 amide bonds. The van der Waals surface area contributed by atoms with E-state index in [1.165, 1.54) is 6.07 Å². The number of amides is 1. The maximum Gasteiger partial charge on any atom is 0.254 e. The molecule has 2 fully saturated rings. The van der Waals surface area contributed by atoms with Gasteiger partial charge in [-0.15, -0.1) is 0 Å². The molecule has 3 rings (SSSR count). The van der Waals surface area contributed by atoms with Crippen LogP contribution in [0.1, 0.15) is 36.0 Å². The molecular formula is C18H25FN2O3. The van der Waals surface area contributed by atoms with Crippen molar-refractivity contribution in [3.8, 4) is 0 Å². The number of carbonyl (C=O) groups excluding carboxylic acids is 1. The molecule has 6 heteroatoms. The maximum absolute atomic E-state index is 14.0. The van der Waals surface area contributed by atoms with Gasteiger partial charge in [0.05, 0.1) is 18.3 Å². The largest absolute Gasteiger partial charge is 0.394 e. The molecule has 0 bridgehead atoms. The second kappa shape index (κ2) is 7.07. The summed E-state index contributed by atoms with van der Waals surface area (Å²) in [6, 6.07) is 4.29. The first-order valence-corrected chi connectivity index (χ1v) is 8.55. The van der Waals surface area contributed by atoms with Crippen molar-refractivity contribution >= 4 is 11.6 Å². The van der Waals surface area contributed by atoms with E-state index in [1.807, 2.05) is 0 Å². The van der Waals surface area contributed by atoms with E-state index >= 15 is 0 Å². The number of hydrogen-bond donors (Lipinski definition) is 2. The lowest BCUT2D eigenvalue weighted by atomic mass is 9.72. The number of piperidine rings is 1. The van der Waals surface area contributed by atoms with E-state index in [0.29, 0.717) is 17.8 Å². The Morgan fingerprint density at radius 2 is 2.17 bits per heavy atom. The molecule has 132 valence electrons. The van der Waals surface area contributed by atoms with Crippen molar-refractivity contribution in [1.82, 2.24) is 4.90 Å². The molecule has 5 nitrogen and oxygen atoms in total. The van der Waals surface area contributed by atoms with Crippen LogP contribution in [0.4, 0.5) is 10.1 Å². The van der Waals surface area contributed by atoms with Crippen molar-refractivity contribution in [2.24, 2.45) is 5.41 Å². The third-order valence-corrected chi connectivity index (χ3v) is 5.46. The number of benzene rings is 1. The summed E-state index contributed by atoms with van der Waals surface area (Å²) in [6.07, 6.45) is 3.64. The molecule has 1 spiro atoms. The Labute approximate surface area is 141 Å². The first-order chi connectivity index (χ1) is 11.6. The zero-order valence-electron chi connectivity index (χ0n) is 14.1. The number of nitrogens with one attached hydrogen (secondary N) is 1. The molecule has 2 aliphatic rings. The van der Waals surface area contributed by atoms with E-state index < -0.39 is 5.82 Å². The monoisotopic (exact) mass is 336 g/mol. The van der Waals surface area contributed by atoms with E-state index in [4.69, 9.17) is 4.74 Å². The molecule has 1 aromatic rings. The molecule has 2 heterocycles. The van der Waals surface area contributed by atoms with E-state index in [-0.39, 0.29) is 24.0 Å². The molecule has 2 aliphatic heterocycles. The van der Waals surface area contributed by atoms with Crippen molar-refractivity contribution in [2.45, 2.75) is 31.7 Å². The minimum absolute atomic E-state index is 0.0601. The summed E-state index contributed by atoms with van der Waals surface area (Å²) in [5.74, 6) is -0.650. The fraction of sp³-hybridized carbons (Fsp3) is 0.611. The average Bonchev–Trinajstić information content (AvgIpc) is 2.61. The molecule has 24 heavy (non-hydrogen) atoms. The van der Waals surface area contributed by atoms with Crippen LogP contribution in [0.2, 0.25) is 0 Å². The third-order valence-electron chi connectivity index (χ3n) is 5.46. The SMILES string of the molecule is CNc1ccc(C(=O)N2CC3(CCOCC3)CCC2CO)cc1F. The van der Waals surface area contributed by atoms with Crippen LogP contribution in [0.3, 0.4) is 0 Å². The zero-order valence-corrected chi connectivity index (χ0v) is 14.1. The molecular weight excluding hydrogens is 311 g/mol. The minimum Gasteiger partial charge on any atom is -0.394 e. The first kappa shape index (κ1) is 17.2. The fourth-order valence-electron chi connectivity index (χ4n) is 3.85. The number of hydrogen-bond acceptors (Lipinski definition) is 4. The van der Waals surface area contributed by atoms with Gasteiger partial charge in [0.15, 0.2) is 0 Å². The van der Waals surface area contributed by atoms with Crippen molar-refractivity contribution in [3.05, 3.63) is 29.6 Å². The summed E-state index contributed by atoms with van der Waals surface area (Å²) in [4.78, 5) is 14.7. The van der Waals surface area contributed by atoms with Gasteiger partial charge in [-0.3, -0.25) is 4.79 Å². The lowest BCUT2D eigenvalue weighted by molar-refractivity contribution is -0.0435. The number of halogens is 1. The van der Waals surface area contributed by atoms with E-state index in [1.54, 1.807) is 24.1 Å². The summed E-state index contributed by atoms with van der Waals surface area (Å²) >= 11 is 0. The summed E-state index contributed by atoms with van der Waals surface area (Å²) in [6.45, 7) is 1.99. The second-order valence-corrected chi connectivity index (χ2v) is 6.87. The Balaban J connectivity index is 1.83. The Hall–Kier alpha value is -1.66. The maximum atomic E-state index is 14.0. The van der Waals surface area contributed by atoms with Gasteiger partial charge in [0.1, 0.15) is 5.82 Å². The third kappa shape index (κ3) is 3.26. The number of likely N-dealkylation sites (tertiary alicyclic amines) is 1. The smallest absolute Gasteiger partial charge is 0.254 e. The quantitative estimate of drug-likeness (QED) is 0.889. The van der Waals surface area contributed by atoms with Crippen molar-refractivity contribution in [3.63, 3.8) is 0 Å². The standard InChI is InChI=1S/C18H25FN2O3/c1-20-16-3-2-13(10-15(16)19)17(23)21-12-18(5-4-14(21)11-22)6-8-24-9-7-18/h2-3,10,14,20,22H,4-9,11-12H2,1H3. The molecule has 2 saturated heterocycles. The molecule has 0 saturated carbocycles. The molecule has 0 aromatic heterocycles. The van der Waals surface area contributed by atoms with Gasteiger partial charge in [-0.05, 0) is 49.3 Å². The average molecular weight is 336 g/mol. The van der Waals surface area contributed by atoms with Crippen LogP contribution in [-0.2, 0) is 4.74 Å². The van der Waals surface area contributed by atoms with Crippen molar-refractivity contribution in [1.29, 1.82) is 0 Å². The van der Waals surface area contributed by atoms with Crippen molar-refractivity contribution in [2.75, 3.05) is 38.7 Å². The highest BCUT2D eigenvalue weighted by Crippen LogP contribution is 2.41. The van der Waals surface area contributed by atoms with Gasteiger partial charge >= 0.3 is 0 Å².